The Hall–Kier alpha value is -0.320. The summed E-state index contributed by atoms with van der Waals surface area (Å²) in [6.45, 7) is 4.52. The summed E-state index contributed by atoms with van der Waals surface area (Å²) in [5, 5.41) is 3.67. The fourth-order valence-corrected chi connectivity index (χ4v) is 4.38. The summed E-state index contributed by atoms with van der Waals surface area (Å²) in [5.74, 6) is 1.01. The molecule has 118 valence electrons. The van der Waals surface area contributed by atoms with Gasteiger partial charge in [-0.15, -0.1) is 0 Å². The van der Waals surface area contributed by atoms with Gasteiger partial charge in [0.15, 0.2) is 0 Å². The molecule has 0 unspecified atom stereocenters. The molecule has 4 heteroatoms. The van der Waals surface area contributed by atoms with E-state index in [1.54, 1.807) is 6.26 Å². The molecule has 0 aromatic carbocycles. The van der Waals surface area contributed by atoms with Gasteiger partial charge < -0.3 is 9.73 Å². The van der Waals surface area contributed by atoms with E-state index in [1.165, 1.54) is 64.5 Å². The number of piperidine rings is 1. The van der Waals surface area contributed by atoms with Crippen LogP contribution >= 0.6 is 15.9 Å². The number of nitrogens with zero attached hydrogens (tertiary/aromatic N) is 1. The van der Waals surface area contributed by atoms with Gasteiger partial charge >= 0.3 is 0 Å². The number of rotatable bonds is 5. The first-order valence-electron chi connectivity index (χ1n) is 8.48. The van der Waals surface area contributed by atoms with E-state index in [0.29, 0.717) is 5.54 Å². The van der Waals surface area contributed by atoms with E-state index in [2.05, 4.69) is 26.1 Å². The quantitative estimate of drug-likeness (QED) is 0.853. The van der Waals surface area contributed by atoms with Crippen LogP contribution in [0.25, 0.3) is 0 Å². The van der Waals surface area contributed by atoms with Crippen LogP contribution in [0.15, 0.2) is 21.2 Å². The van der Waals surface area contributed by atoms with Gasteiger partial charge in [-0.1, -0.05) is 25.7 Å². The smallest absolute Gasteiger partial charge is 0.131 e. The van der Waals surface area contributed by atoms with Crippen LogP contribution in [0.2, 0.25) is 0 Å². The van der Waals surface area contributed by atoms with Crippen molar-refractivity contribution in [3.05, 3.63) is 22.6 Å². The van der Waals surface area contributed by atoms with E-state index in [-0.39, 0.29) is 0 Å². The lowest BCUT2D eigenvalue weighted by Crippen LogP contribution is -2.57. The van der Waals surface area contributed by atoms with Crippen molar-refractivity contribution in [2.24, 2.45) is 0 Å². The molecule has 1 aliphatic heterocycles. The SMILES string of the molecule is Brc1ccoc1CNCC1(N2CCCCC2)CCCCC1. The Morgan fingerprint density at radius 2 is 1.81 bits per heavy atom. The Morgan fingerprint density at radius 1 is 1.10 bits per heavy atom. The highest BCUT2D eigenvalue weighted by Crippen LogP contribution is 2.35. The number of furan rings is 1. The van der Waals surface area contributed by atoms with Gasteiger partial charge in [0.25, 0.3) is 0 Å². The molecule has 0 spiro atoms. The van der Waals surface area contributed by atoms with Gasteiger partial charge in [-0.05, 0) is 60.8 Å². The summed E-state index contributed by atoms with van der Waals surface area (Å²) >= 11 is 3.54. The van der Waals surface area contributed by atoms with Crippen LogP contribution in [-0.4, -0.2) is 30.1 Å². The highest BCUT2D eigenvalue weighted by atomic mass is 79.9. The number of nitrogens with one attached hydrogen (secondary N) is 1. The number of hydrogen-bond acceptors (Lipinski definition) is 3. The molecule has 1 aliphatic carbocycles. The number of likely N-dealkylation sites (tertiary alicyclic amines) is 1. The average molecular weight is 355 g/mol. The third kappa shape index (κ3) is 3.72. The number of halogens is 1. The van der Waals surface area contributed by atoms with Crippen LogP contribution in [0.4, 0.5) is 0 Å². The number of hydrogen-bond donors (Lipinski definition) is 1. The van der Waals surface area contributed by atoms with Crippen LogP contribution in [0.5, 0.6) is 0 Å². The molecule has 1 aromatic heterocycles. The van der Waals surface area contributed by atoms with Crippen LogP contribution in [0, 0.1) is 0 Å². The van der Waals surface area contributed by atoms with Crippen molar-refractivity contribution in [1.29, 1.82) is 0 Å². The molecule has 2 aliphatic rings. The van der Waals surface area contributed by atoms with E-state index in [4.69, 9.17) is 4.42 Å². The van der Waals surface area contributed by atoms with Crippen molar-refractivity contribution in [3.8, 4) is 0 Å². The summed E-state index contributed by atoms with van der Waals surface area (Å²) < 4.78 is 6.58. The monoisotopic (exact) mass is 354 g/mol. The topological polar surface area (TPSA) is 28.4 Å². The van der Waals surface area contributed by atoms with Crippen LogP contribution in [0.1, 0.15) is 57.1 Å². The third-order valence-electron chi connectivity index (χ3n) is 5.24. The molecular weight excluding hydrogens is 328 g/mol. The van der Waals surface area contributed by atoms with Gasteiger partial charge in [0.05, 0.1) is 17.3 Å². The molecule has 2 fully saturated rings. The van der Waals surface area contributed by atoms with Crippen molar-refractivity contribution in [2.75, 3.05) is 19.6 Å². The predicted molar refractivity (Wildman–Crippen MR) is 89.4 cm³/mol. The Bertz CT molecular complexity index is 434. The Labute approximate surface area is 136 Å². The van der Waals surface area contributed by atoms with Gasteiger partial charge in [0, 0.05) is 12.1 Å². The first kappa shape index (κ1) is 15.6. The van der Waals surface area contributed by atoms with Gasteiger partial charge in [0.1, 0.15) is 5.76 Å². The van der Waals surface area contributed by atoms with Gasteiger partial charge in [-0.25, -0.2) is 0 Å². The second kappa shape index (κ2) is 7.30. The Balaban J connectivity index is 1.60. The zero-order chi connectivity index (χ0) is 14.5. The molecule has 1 saturated heterocycles. The van der Waals surface area contributed by atoms with Crippen molar-refractivity contribution in [2.45, 2.75) is 63.5 Å². The molecule has 21 heavy (non-hydrogen) atoms. The van der Waals surface area contributed by atoms with E-state index in [0.717, 1.165) is 23.3 Å². The van der Waals surface area contributed by atoms with Crippen LogP contribution < -0.4 is 5.32 Å². The summed E-state index contributed by atoms with van der Waals surface area (Å²) in [6.07, 6.45) is 12.8. The van der Waals surface area contributed by atoms with E-state index < -0.39 is 0 Å². The molecule has 3 nitrogen and oxygen atoms in total. The summed E-state index contributed by atoms with van der Waals surface area (Å²) in [6, 6.07) is 1.97. The highest BCUT2D eigenvalue weighted by molar-refractivity contribution is 9.10. The van der Waals surface area contributed by atoms with Crippen molar-refractivity contribution >= 4 is 15.9 Å². The summed E-state index contributed by atoms with van der Waals surface area (Å²) in [5.41, 5.74) is 0.401. The standard InChI is InChI=1S/C17H27BrN2O/c18-15-7-12-21-16(15)13-19-14-17(8-3-1-4-9-17)20-10-5-2-6-11-20/h7,12,19H,1-6,8-11,13-14H2. The average Bonchev–Trinajstić information content (AvgIpc) is 2.95. The normalized spacial score (nSPS) is 23.3. The minimum atomic E-state index is 0.401. The molecule has 3 rings (SSSR count). The molecule has 0 bridgehead atoms. The lowest BCUT2D eigenvalue weighted by molar-refractivity contribution is 0.0330. The summed E-state index contributed by atoms with van der Waals surface area (Å²) in [4.78, 5) is 2.79. The fraction of sp³-hybridized carbons (Fsp3) is 0.765. The van der Waals surface area contributed by atoms with Gasteiger partial charge in [-0.3, -0.25) is 4.90 Å². The lowest BCUT2D eigenvalue weighted by Gasteiger charge is -2.48. The van der Waals surface area contributed by atoms with E-state index in [9.17, 15) is 0 Å². The van der Waals surface area contributed by atoms with E-state index >= 15 is 0 Å². The molecule has 1 aromatic rings. The fourth-order valence-electron chi connectivity index (χ4n) is 4.04. The van der Waals surface area contributed by atoms with Crippen LogP contribution in [0.3, 0.4) is 0 Å². The zero-order valence-corrected chi connectivity index (χ0v) is 14.5. The largest absolute Gasteiger partial charge is 0.467 e. The van der Waals surface area contributed by atoms with Crippen molar-refractivity contribution in [3.63, 3.8) is 0 Å². The van der Waals surface area contributed by atoms with E-state index in [1.807, 2.05) is 6.07 Å². The lowest BCUT2D eigenvalue weighted by atomic mass is 9.79. The maximum absolute atomic E-state index is 5.51. The van der Waals surface area contributed by atoms with Gasteiger partial charge in [-0.2, -0.15) is 0 Å². The first-order valence-corrected chi connectivity index (χ1v) is 9.27. The molecule has 1 saturated carbocycles. The minimum absolute atomic E-state index is 0.401. The molecule has 1 N–H and O–H groups in total. The second-order valence-electron chi connectivity index (χ2n) is 6.63. The predicted octanol–water partition coefficient (Wildman–Crippen LogP) is 4.32. The van der Waals surface area contributed by atoms with Crippen molar-refractivity contribution in [1.82, 2.24) is 10.2 Å². The Kier molecular flexibility index (Phi) is 5.41. The second-order valence-corrected chi connectivity index (χ2v) is 7.48. The van der Waals surface area contributed by atoms with Crippen molar-refractivity contribution < 1.29 is 4.42 Å². The van der Waals surface area contributed by atoms with Gasteiger partial charge in [0.2, 0.25) is 0 Å². The zero-order valence-electron chi connectivity index (χ0n) is 12.9. The molecule has 0 radical (unpaired) electrons. The highest BCUT2D eigenvalue weighted by Gasteiger charge is 2.37. The maximum atomic E-state index is 5.51. The summed E-state index contributed by atoms with van der Waals surface area (Å²) in [7, 11) is 0. The molecule has 2 heterocycles. The van der Waals surface area contributed by atoms with Crippen LogP contribution in [-0.2, 0) is 6.54 Å². The Morgan fingerprint density at radius 3 is 2.48 bits per heavy atom. The first-order chi connectivity index (χ1) is 10.3. The molecular formula is C17H27BrN2O. The maximum Gasteiger partial charge on any atom is 0.131 e. The molecule has 0 atom stereocenters. The molecule has 0 amide bonds. The minimum Gasteiger partial charge on any atom is -0.467 e. The third-order valence-corrected chi connectivity index (χ3v) is 5.95.